The molecule has 0 bridgehead atoms. The highest BCUT2D eigenvalue weighted by atomic mass is 35.5. The van der Waals surface area contributed by atoms with Gasteiger partial charge in [-0.3, -0.25) is 4.79 Å². The molecule has 0 aliphatic heterocycles. The van der Waals surface area contributed by atoms with E-state index in [1.54, 1.807) is 19.1 Å². The number of halogens is 2. The Morgan fingerprint density at radius 3 is 2.82 bits per heavy atom. The van der Waals surface area contributed by atoms with E-state index in [1.165, 1.54) is 18.4 Å². The molecule has 2 aromatic rings. The lowest BCUT2D eigenvalue weighted by Crippen LogP contribution is -2.31. The van der Waals surface area contributed by atoms with Crippen LogP contribution in [0, 0.1) is 5.82 Å². The normalized spacial score (nSPS) is 11.8. The summed E-state index contributed by atoms with van der Waals surface area (Å²) in [6.45, 7) is 1.20. The summed E-state index contributed by atoms with van der Waals surface area (Å²) in [6.07, 6.45) is 1.49. The molecule has 5 nitrogen and oxygen atoms in total. The second kappa shape index (κ2) is 7.09. The number of hydrogen-bond acceptors (Lipinski definition) is 4. The van der Waals surface area contributed by atoms with Crippen LogP contribution in [0.5, 0.6) is 0 Å². The number of rotatable bonds is 5. The summed E-state index contributed by atoms with van der Waals surface area (Å²) in [5, 5.41) is 2.75. The Bertz CT molecular complexity index is 672. The van der Waals surface area contributed by atoms with Gasteiger partial charge in [0.05, 0.1) is 17.9 Å². The molecule has 1 amide bonds. The summed E-state index contributed by atoms with van der Waals surface area (Å²) >= 11 is 5.59. The van der Waals surface area contributed by atoms with E-state index in [2.05, 4.69) is 5.32 Å². The van der Waals surface area contributed by atoms with Gasteiger partial charge in [0.15, 0.2) is 6.61 Å². The molecule has 2 rings (SSSR count). The molecule has 1 aromatic carbocycles. The van der Waals surface area contributed by atoms with Crippen LogP contribution in [-0.2, 0) is 9.53 Å². The molecule has 0 radical (unpaired) electrons. The van der Waals surface area contributed by atoms with Gasteiger partial charge in [-0.05, 0) is 37.3 Å². The van der Waals surface area contributed by atoms with Crippen LogP contribution in [-0.4, -0.2) is 18.5 Å². The van der Waals surface area contributed by atoms with Crippen molar-refractivity contribution in [1.82, 2.24) is 5.32 Å². The lowest BCUT2D eigenvalue weighted by atomic mass is 10.2. The minimum atomic E-state index is -0.935. The van der Waals surface area contributed by atoms with E-state index >= 15 is 0 Å². The van der Waals surface area contributed by atoms with Crippen LogP contribution < -0.4 is 5.32 Å². The number of hydrogen-bond donors (Lipinski definition) is 1. The highest BCUT2D eigenvalue weighted by Gasteiger charge is 2.17. The van der Waals surface area contributed by atoms with Gasteiger partial charge in [-0.1, -0.05) is 11.6 Å². The van der Waals surface area contributed by atoms with Crippen LogP contribution in [0.3, 0.4) is 0 Å². The smallest absolute Gasteiger partial charge is 0.341 e. The molecule has 1 aromatic heterocycles. The fourth-order valence-electron chi connectivity index (χ4n) is 1.76. The van der Waals surface area contributed by atoms with E-state index < -0.39 is 24.3 Å². The molecule has 0 fully saturated rings. The molecule has 0 saturated carbocycles. The van der Waals surface area contributed by atoms with Gasteiger partial charge in [0, 0.05) is 5.02 Å². The topological polar surface area (TPSA) is 68.5 Å². The first kappa shape index (κ1) is 16.0. The minimum absolute atomic E-state index is 0.166. The first-order valence-corrected chi connectivity index (χ1v) is 6.80. The highest BCUT2D eigenvalue weighted by Crippen LogP contribution is 2.15. The van der Waals surface area contributed by atoms with Crippen molar-refractivity contribution in [3.63, 3.8) is 0 Å². The third-order valence-electron chi connectivity index (χ3n) is 2.83. The zero-order valence-electron chi connectivity index (χ0n) is 11.6. The SMILES string of the molecule is C[C@H](NC(=O)COC(=O)c1ccc(Cl)cc1F)c1ccco1. The van der Waals surface area contributed by atoms with Gasteiger partial charge >= 0.3 is 5.97 Å². The summed E-state index contributed by atoms with van der Waals surface area (Å²) < 4.78 is 23.4. The summed E-state index contributed by atoms with van der Waals surface area (Å²) in [5.74, 6) is -1.69. The van der Waals surface area contributed by atoms with Crippen LogP contribution in [0.15, 0.2) is 41.0 Å². The Kier molecular flexibility index (Phi) is 5.16. The number of furan rings is 1. The first-order chi connectivity index (χ1) is 10.5. The van der Waals surface area contributed by atoms with E-state index in [0.29, 0.717) is 5.76 Å². The Hall–Kier alpha value is -2.34. The number of amides is 1. The van der Waals surface area contributed by atoms with Crippen LogP contribution >= 0.6 is 11.6 Å². The molecular weight excluding hydrogens is 313 g/mol. The zero-order valence-corrected chi connectivity index (χ0v) is 12.4. The molecule has 1 atom stereocenters. The van der Waals surface area contributed by atoms with Crippen LogP contribution in [0.1, 0.15) is 29.1 Å². The molecule has 7 heteroatoms. The largest absolute Gasteiger partial charge is 0.467 e. The van der Waals surface area contributed by atoms with Crippen molar-refractivity contribution in [3.05, 3.63) is 58.8 Å². The maximum Gasteiger partial charge on any atom is 0.341 e. The number of carbonyl (C=O) groups is 2. The molecule has 22 heavy (non-hydrogen) atoms. The van der Waals surface area contributed by atoms with Gasteiger partial charge in [-0.2, -0.15) is 0 Å². The van der Waals surface area contributed by atoms with Crippen molar-refractivity contribution in [2.75, 3.05) is 6.61 Å². The molecule has 116 valence electrons. The second-order valence-electron chi connectivity index (χ2n) is 4.50. The Labute approximate surface area is 131 Å². The van der Waals surface area contributed by atoms with Crippen molar-refractivity contribution >= 4 is 23.5 Å². The van der Waals surface area contributed by atoms with E-state index in [0.717, 1.165) is 6.07 Å². The summed E-state index contributed by atoms with van der Waals surface area (Å²) in [7, 11) is 0. The average molecular weight is 326 g/mol. The third kappa shape index (κ3) is 4.08. The number of carbonyl (C=O) groups excluding carboxylic acids is 2. The minimum Gasteiger partial charge on any atom is -0.467 e. The Balaban J connectivity index is 1.86. The van der Waals surface area contributed by atoms with Gasteiger partial charge in [0.25, 0.3) is 5.91 Å². The van der Waals surface area contributed by atoms with Crippen LogP contribution in [0.4, 0.5) is 4.39 Å². The standard InChI is InChI=1S/C15H13ClFNO4/c1-9(13-3-2-6-21-13)18-14(19)8-22-15(20)11-5-4-10(16)7-12(11)17/h2-7,9H,8H2,1H3,(H,18,19)/t9-/m0/s1. The molecule has 1 heterocycles. The average Bonchev–Trinajstić information content (AvgIpc) is 2.99. The summed E-state index contributed by atoms with van der Waals surface area (Å²) in [4.78, 5) is 23.4. The number of ether oxygens (including phenoxy) is 1. The van der Waals surface area contributed by atoms with E-state index in [-0.39, 0.29) is 16.6 Å². The number of benzene rings is 1. The van der Waals surface area contributed by atoms with Crippen LogP contribution in [0.2, 0.25) is 5.02 Å². The Morgan fingerprint density at radius 2 is 2.18 bits per heavy atom. The summed E-state index contributed by atoms with van der Waals surface area (Å²) in [5.41, 5.74) is -0.281. The quantitative estimate of drug-likeness (QED) is 0.858. The monoisotopic (exact) mass is 325 g/mol. The third-order valence-corrected chi connectivity index (χ3v) is 3.07. The van der Waals surface area contributed by atoms with Crippen molar-refractivity contribution in [2.45, 2.75) is 13.0 Å². The van der Waals surface area contributed by atoms with Crippen molar-refractivity contribution in [3.8, 4) is 0 Å². The van der Waals surface area contributed by atoms with Crippen LogP contribution in [0.25, 0.3) is 0 Å². The maximum absolute atomic E-state index is 13.5. The maximum atomic E-state index is 13.5. The molecule has 0 aliphatic rings. The van der Waals surface area contributed by atoms with Gasteiger partial charge in [0.2, 0.25) is 0 Å². The predicted molar refractivity (Wildman–Crippen MR) is 77.0 cm³/mol. The summed E-state index contributed by atoms with van der Waals surface area (Å²) in [6, 6.07) is 6.59. The second-order valence-corrected chi connectivity index (χ2v) is 4.94. The molecule has 0 unspecified atom stereocenters. The van der Waals surface area contributed by atoms with Crippen molar-refractivity contribution in [1.29, 1.82) is 0 Å². The van der Waals surface area contributed by atoms with E-state index in [9.17, 15) is 14.0 Å². The van der Waals surface area contributed by atoms with Crippen molar-refractivity contribution in [2.24, 2.45) is 0 Å². The van der Waals surface area contributed by atoms with E-state index in [1.807, 2.05) is 0 Å². The predicted octanol–water partition coefficient (Wildman–Crippen LogP) is 3.11. The molecule has 1 N–H and O–H groups in total. The molecule has 0 saturated heterocycles. The fourth-order valence-corrected chi connectivity index (χ4v) is 1.91. The van der Waals surface area contributed by atoms with Crippen molar-refractivity contribution < 1.29 is 23.1 Å². The lowest BCUT2D eigenvalue weighted by molar-refractivity contribution is -0.125. The fraction of sp³-hybridized carbons (Fsp3) is 0.200. The first-order valence-electron chi connectivity index (χ1n) is 6.42. The zero-order chi connectivity index (χ0) is 16.1. The number of nitrogens with one attached hydrogen (secondary N) is 1. The van der Waals surface area contributed by atoms with Gasteiger partial charge < -0.3 is 14.5 Å². The lowest BCUT2D eigenvalue weighted by Gasteiger charge is -2.11. The van der Waals surface area contributed by atoms with Gasteiger partial charge in [0.1, 0.15) is 11.6 Å². The molecule has 0 spiro atoms. The van der Waals surface area contributed by atoms with Gasteiger partial charge in [-0.15, -0.1) is 0 Å². The molecular formula is C15H13ClFNO4. The van der Waals surface area contributed by atoms with E-state index in [4.69, 9.17) is 20.8 Å². The Morgan fingerprint density at radius 1 is 1.41 bits per heavy atom. The number of esters is 1. The van der Waals surface area contributed by atoms with Gasteiger partial charge in [-0.25, -0.2) is 9.18 Å². The molecule has 0 aliphatic carbocycles. The highest BCUT2D eigenvalue weighted by molar-refractivity contribution is 6.30.